The third kappa shape index (κ3) is 2.87. The van der Waals surface area contributed by atoms with Crippen LogP contribution in [0.5, 0.6) is 0 Å². The Bertz CT molecular complexity index is 223. The van der Waals surface area contributed by atoms with Crippen molar-refractivity contribution < 1.29 is 13.6 Å². The molecule has 0 aromatic carbocycles. The normalized spacial score (nSPS) is 27.1. The molecule has 1 aliphatic heterocycles. The van der Waals surface area contributed by atoms with Crippen molar-refractivity contribution in [3.8, 4) is 0 Å². The van der Waals surface area contributed by atoms with E-state index in [1.165, 1.54) is 4.90 Å². The first-order chi connectivity index (χ1) is 7.10. The first-order valence-electron chi connectivity index (χ1n) is 5.42. The lowest BCUT2D eigenvalue weighted by molar-refractivity contribution is -0.147. The minimum absolute atomic E-state index is 0.0886. The van der Waals surface area contributed by atoms with E-state index in [0.29, 0.717) is 19.5 Å². The number of carbonyl (C=O) groups excluding carboxylic acids is 1. The summed E-state index contributed by atoms with van der Waals surface area (Å²) in [7, 11) is 0. The molecule has 1 N–H and O–H groups in total. The van der Waals surface area contributed by atoms with E-state index in [-0.39, 0.29) is 12.1 Å². The van der Waals surface area contributed by atoms with Gasteiger partial charge in [-0.15, -0.1) is 0 Å². The predicted molar refractivity (Wildman–Crippen MR) is 53.9 cm³/mol. The van der Waals surface area contributed by atoms with E-state index in [9.17, 15) is 13.6 Å². The smallest absolute Gasteiger partial charge is 0.315 e. The molecule has 2 unspecified atom stereocenters. The molecule has 88 valence electrons. The van der Waals surface area contributed by atoms with Crippen LogP contribution in [0.1, 0.15) is 26.7 Å². The highest BCUT2D eigenvalue weighted by molar-refractivity contribution is 5.79. The molecule has 0 bridgehead atoms. The Balaban J connectivity index is 2.66. The van der Waals surface area contributed by atoms with E-state index >= 15 is 0 Å². The van der Waals surface area contributed by atoms with Crippen molar-refractivity contribution in [2.24, 2.45) is 0 Å². The Morgan fingerprint density at radius 2 is 2.13 bits per heavy atom. The number of carbonyl (C=O) groups is 1. The van der Waals surface area contributed by atoms with Gasteiger partial charge in [-0.05, 0) is 12.8 Å². The van der Waals surface area contributed by atoms with Gasteiger partial charge in [0.05, 0.1) is 0 Å². The summed E-state index contributed by atoms with van der Waals surface area (Å²) in [5.41, 5.74) is 0. The lowest BCUT2D eigenvalue weighted by atomic mass is 10.1. The van der Waals surface area contributed by atoms with Gasteiger partial charge in [0.15, 0.2) is 0 Å². The maximum Gasteiger partial charge on any atom is 0.315 e. The quantitative estimate of drug-likeness (QED) is 0.776. The van der Waals surface area contributed by atoms with Crippen molar-refractivity contribution in [2.45, 2.75) is 45.2 Å². The summed E-state index contributed by atoms with van der Waals surface area (Å²) < 4.78 is 24.7. The molecule has 0 aromatic rings. The summed E-state index contributed by atoms with van der Waals surface area (Å²) in [6.45, 7) is 4.91. The summed E-state index contributed by atoms with van der Waals surface area (Å²) in [6, 6.07) is 0.0600. The first kappa shape index (κ1) is 12.4. The van der Waals surface area contributed by atoms with E-state index in [2.05, 4.69) is 5.32 Å². The average Bonchev–Trinajstić information content (AvgIpc) is 2.27. The topological polar surface area (TPSA) is 32.3 Å². The van der Waals surface area contributed by atoms with Crippen LogP contribution in [-0.2, 0) is 4.79 Å². The van der Waals surface area contributed by atoms with Gasteiger partial charge in [-0.2, -0.15) is 8.78 Å². The maximum absolute atomic E-state index is 12.3. The monoisotopic (exact) mass is 220 g/mol. The van der Waals surface area contributed by atoms with Crippen molar-refractivity contribution in [1.82, 2.24) is 10.2 Å². The SMILES string of the molecule is CCC1CN(C(=O)C(F)F)C(CC)CN1. The van der Waals surface area contributed by atoms with Gasteiger partial charge >= 0.3 is 6.43 Å². The van der Waals surface area contributed by atoms with Crippen molar-refractivity contribution in [3.63, 3.8) is 0 Å². The molecular weight excluding hydrogens is 202 g/mol. The fourth-order valence-electron chi connectivity index (χ4n) is 1.90. The number of nitrogens with zero attached hydrogens (tertiary/aromatic N) is 1. The zero-order valence-corrected chi connectivity index (χ0v) is 9.17. The van der Waals surface area contributed by atoms with Crippen LogP contribution in [0, 0.1) is 0 Å². The number of alkyl halides is 2. The fraction of sp³-hybridized carbons (Fsp3) is 0.900. The molecule has 1 fully saturated rings. The van der Waals surface area contributed by atoms with E-state index in [1.54, 1.807) is 0 Å². The second-order valence-corrected chi connectivity index (χ2v) is 3.87. The Kier molecular flexibility index (Phi) is 4.45. The molecule has 1 amide bonds. The molecule has 2 atom stereocenters. The van der Waals surface area contributed by atoms with Crippen molar-refractivity contribution in [2.75, 3.05) is 13.1 Å². The van der Waals surface area contributed by atoms with Crippen molar-refractivity contribution >= 4 is 5.91 Å². The Hall–Kier alpha value is -0.710. The van der Waals surface area contributed by atoms with Crippen LogP contribution in [0.4, 0.5) is 8.78 Å². The van der Waals surface area contributed by atoms with Crippen LogP contribution in [0.3, 0.4) is 0 Å². The largest absolute Gasteiger partial charge is 0.332 e. The van der Waals surface area contributed by atoms with Crippen molar-refractivity contribution in [1.29, 1.82) is 0 Å². The molecule has 1 heterocycles. The van der Waals surface area contributed by atoms with E-state index in [0.717, 1.165) is 6.42 Å². The van der Waals surface area contributed by atoms with E-state index in [1.807, 2.05) is 13.8 Å². The van der Waals surface area contributed by atoms with Crippen molar-refractivity contribution in [3.05, 3.63) is 0 Å². The Labute approximate surface area is 88.8 Å². The molecule has 0 aromatic heterocycles. The van der Waals surface area contributed by atoms with Gasteiger partial charge in [-0.3, -0.25) is 4.79 Å². The van der Waals surface area contributed by atoms with Crippen LogP contribution in [0.15, 0.2) is 0 Å². The molecule has 0 aliphatic carbocycles. The number of halogens is 2. The number of hydrogen-bond acceptors (Lipinski definition) is 2. The highest BCUT2D eigenvalue weighted by Crippen LogP contribution is 2.14. The zero-order chi connectivity index (χ0) is 11.4. The lowest BCUT2D eigenvalue weighted by Gasteiger charge is -2.39. The minimum atomic E-state index is -2.88. The molecule has 1 aliphatic rings. The van der Waals surface area contributed by atoms with Gasteiger partial charge in [-0.25, -0.2) is 0 Å². The third-order valence-electron chi connectivity index (χ3n) is 2.93. The van der Waals surface area contributed by atoms with Gasteiger partial charge in [0.2, 0.25) is 0 Å². The maximum atomic E-state index is 12.3. The number of piperazine rings is 1. The first-order valence-corrected chi connectivity index (χ1v) is 5.42. The molecule has 3 nitrogen and oxygen atoms in total. The van der Waals surface area contributed by atoms with Gasteiger partial charge in [0.25, 0.3) is 5.91 Å². The van der Waals surface area contributed by atoms with Crippen LogP contribution in [-0.4, -0.2) is 42.4 Å². The number of nitrogens with one attached hydrogen (secondary N) is 1. The zero-order valence-electron chi connectivity index (χ0n) is 9.17. The molecule has 5 heteroatoms. The molecule has 0 spiro atoms. The summed E-state index contributed by atoms with van der Waals surface area (Å²) >= 11 is 0. The van der Waals surface area contributed by atoms with Gasteiger partial charge in [-0.1, -0.05) is 13.8 Å². The lowest BCUT2D eigenvalue weighted by Crippen LogP contribution is -2.59. The number of hydrogen-bond donors (Lipinski definition) is 1. The number of rotatable bonds is 3. The molecule has 1 rings (SSSR count). The molecule has 15 heavy (non-hydrogen) atoms. The van der Waals surface area contributed by atoms with Crippen LogP contribution in [0.2, 0.25) is 0 Å². The molecule has 0 saturated carbocycles. The highest BCUT2D eigenvalue weighted by atomic mass is 19.3. The number of amides is 1. The third-order valence-corrected chi connectivity index (χ3v) is 2.93. The van der Waals surface area contributed by atoms with E-state index in [4.69, 9.17) is 0 Å². The average molecular weight is 220 g/mol. The van der Waals surface area contributed by atoms with Gasteiger partial charge in [0, 0.05) is 25.2 Å². The van der Waals surface area contributed by atoms with Gasteiger partial charge < -0.3 is 10.2 Å². The Morgan fingerprint density at radius 3 is 2.60 bits per heavy atom. The summed E-state index contributed by atoms with van der Waals surface area (Å²) in [6.07, 6.45) is -1.32. The van der Waals surface area contributed by atoms with Crippen LogP contribution in [0.25, 0.3) is 0 Å². The molecule has 0 radical (unpaired) electrons. The fourth-order valence-corrected chi connectivity index (χ4v) is 1.90. The highest BCUT2D eigenvalue weighted by Gasteiger charge is 2.33. The summed E-state index contributed by atoms with van der Waals surface area (Å²) in [4.78, 5) is 12.6. The molecule has 1 saturated heterocycles. The van der Waals surface area contributed by atoms with E-state index < -0.39 is 12.3 Å². The van der Waals surface area contributed by atoms with Crippen LogP contribution < -0.4 is 5.32 Å². The van der Waals surface area contributed by atoms with Crippen LogP contribution >= 0.6 is 0 Å². The standard InChI is InChI=1S/C10H18F2N2O/c1-3-7-6-14(10(15)9(11)12)8(4-2)5-13-7/h7-9,13H,3-6H2,1-2H3. The Morgan fingerprint density at radius 1 is 1.47 bits per heavy atom. The predicted octanol–water partition coefficient (Wildman–Crippen LogP) is 1.24. The second-order valence-electron chi connectivity index (χ2n) is 3.87. The minimum Gasteiger partial charge on any atom is -0.332 e. The summed E-state index contributed by atoms with van der Waals surface area (Å²) in [5.74, 6) is -1.03. The summed E-state index contributed by atoms with van der Waals surface area (Å²) in [5, 5.41) is 3.25. The second kappa shape index (κ2) is 5.39. The van der Waals surface area contributed by atoms with Gasteiger partial charge in [0.1, 0.15) is 0 Å². The molecular formula is C10H18F2N2O.